The Kier molecular flexibility index (Phi) is 5.16. The molecule has 1 amide bonds. The molecule has 0 spiro atoms. The molecule has 1 fully saturated rings. The number of hydrogen-bond donors (Lipinski definition) is 0. The molecule has 0 N–H and O–H groups in total. The summed E-state index contributed by atoms with van der Waals surface area (Å²) in [5, 5.41) is 0. The molecule has 3 aromatic rings. The topological polar surface area (TPSA) is 90.6 Å². The quantitative estimate of drug-likeness (QED) is 0.649. The van der Waals surface area contributed by atoms with Crippen molar-refractivity contribution < 1.29 is 18.7 Å². The van der Waals surface area contributed by atoms with Crippen molar-refractivity contribution >= 4 is 5.91 Å². The Hall–Kier alpha value is -3.42. The maximum absolute atomic E-state index is 13.0. The molecule has 0 unspecified atom stereocenters. The third kappa shape index (κ3) is 3.91. The van der Waals surface area contributed by atoms with Crippen molar-refractivity contribution in [3.63, 3.8) is 0 Å². The lowest BCUT2D eigenvalue weighted by molar-refractivity contribution is 0.0697. The highest BCUT2D eigenvalue weighted by molar-refractivity contribution is 5.93. The molecule has 2 aromatic heterocycles. The van der Waals surface area contributed by atoms with Crippen LogP contribution in [0.2, 0.25) is 0 Å². The van der Waals surface area contributed by atoms with Crippen molar-refractivity contribution in [3.8, 4) is 17.4 Å². The third-order valence-electron chi connectivity index (χ3n) is 4.87. The molecular weight excluding hydrogens is 372 g/mol. The van der Waals surface area contributed by atoms with Gasteiger partial charge in [0.2, 0.25) is 11.6 Å². The van der Waals surface area contributed by atoms with Crippen LogP contribution in [0.3, 0.4) is 0 Å². The van der Waals surface area contributed by atoms with Gasteiger partial charge in [-0.05, 0) is 44.0 Å². The fourth-order valence-corrected chi connectivity index (χ4v) is 3.51. The summed E-state index contributed by atoms with van der Waals surface area (Å²) in [6.07, 6.45) is 4.92. The number of rotatable bonds is 5. The minimum absolute atomic E-state index is 0.172. The Morgan fingerprint density at radius 2 is 1.90 bits per heavy atom. The first kappa shape index (κ1) is 18.9. The van der Waals surface area contributed by atoms with E-state index in [4.69, 9.17) is 13.9 Å². The number of ether oxygens (including phenoxy) is 2. The van der Waals surface area contributed by atoms with Gasteiger partial charge in [-0.1, -0.05) is 0 Å². The highest BCUT2D eigenvalue weighted by Gasteiger charge is 2.34. The van der Waals surface area contributed by atoms with Crippen molar-refractivity contribution in [1.82, 2.24) is 19.9 Å². The summed E-state index contributed by atoms with van der Waals surface area (Å²) in [5.74, 6) is 2.34. The van der Waals surface area contributed by atoms with Gasteiger partial charge in [0.05, 0.1) is 36.9 Å². The van der Waals surface area contributed by atoms with Crippen LogP contribution in [0.1, 0.15) is 46.7 Å². The number of aromatic nitrogens is 3. The summed E-state index contributed by atoms with van der Waals surface area (Å²) in [6, 6.07) is 7.04. The average molecular weight is 394 g/mol. The number of carbonyl (C=O) groups is 1. The van der Waals surface area contributed by atoms with Gasteiger partial charge >= 0.3 is 0 Å². The molecule has 1 aliphatic rings. The number of nitrogens with zero attached hydrogens (tertiary/aromatic N) is 4. The largest absolute Gasteiger partial charge is 0.497 e. The molecule has 3 heterocycles. The van der Waals surface area contributed by atoms with Gasteiger partial charge in [-0.2, -0.15) is 0 Å². The highest BCUT2D eigenvalue weighted by Crippen LogP contribution is 2.33. The molecule has 0 saturated carbocycles. The molecule has 8 nitrogen and oxygen atoms in total. The van der Waals surface area contributed by atoms with E-state index in [-0.39, 0.29) is 17.7 Å². The Balaban J connectivity index is 1.54. The summed E-state index contributed by atoms with van der Waals surface area (Å²) in [4.78, 5) is 27.8. The van der Waals surface area contributed by atoms with Gasteiger partial charge in [-0.25, -0.2) is 9.97 Å². The fourth-order valence-electron chi connectivity index (χ4n) is 3.51. The predicted molar refractivity (Wildman–Crippen MR) is 104 cm³/mol. The molecule has 8 heteroatoms. The Bertz CT molecular complexity index is 1020. The van der Waals surface area contributed by atoms with E-state index >= 15 is 0 Å². The first-order chi connectivity index (χ1) is 14.0. The first-order valence-corrected chi connectivity index (χ1v) is 9.44. The third-order valence-corrected chi connectivity index (χ3v) is 4.87. The van der Waals surface area contributed by atoms with E-state index in [9.17, 15) is 4.79 Å². The maximum atomic E-state index is 13.0. The average Bonchev–Trinajstić information content (AvgIpc) is 3.34. The van der Waals surface area contributed by atoms with Gasteiger partial charge in [0.1, 0.15) is 11.5 Å². The first-order valence-electron chi connectivity index (χ1n) is 9.44. The van der Waals surface area contributed by atoms with Crippen molar-refractivity contribution in [2.45, 2.75) is 32.7 Å². The summed E-state index contributed by atoms with van der Waals surface area (Å²) in [5.41, 5.74) is 1.29. The lowest BCUT2D eigenvalue weighted by atomic mass is 10.1. The van der Waals surface area contributed by atoms with E-state index < -0.39 is 0 Å². The molecule has 150 valence electrons. The van der Waals surface area contributed by atoms with Gasteiger partial charge in [-0.3, -0.25) is 9.78 Å². The molecule has 4 rings (SSSR count). The Morgan fingerprint density at radius 3 is 2.59 bits per heavy atom. The van der Waals surface area contributed by atoms with Gasteiger partial charge in [0.15, 0.2) is 5.89 Å². The molecule has 29 heavy (non-hydrogen) atoms. The minimum Gasteiger partial charge on any atom is -0.497 e. The van der Waals surface area contributed by atoms with Crippen molar-refractivity contribution in [2.75, 3.05) is 13.7 Å². The molecular formula is C21H22N4O4. The second-order valence-electron chi connectivity index (χ2n) is 6.86. The standard InChI is InChI=1S/C21H22N4O4/c1-13-20(28-14(2)23-13)21(26)25-10-4-5-18(25)17-11-22-12-19(24-17)29-16-8-6-15(27-3)7-9-16/h6-9,11-12,18H,4-5,10H2,1-3H3/t18-/m1/s1. The summed E-state index contributed by atoms with van der Waals surface area (Å²) >= 11 is 0. The van der Waals surface area contributed by atoms with E-state index in [1.54, 1.807) is 50.4 Å². The van der Waals surface area contributed by atoms with Crippen LogP contribution in [-0.2, 0) is 0 Å². The maximum Gasteiger partial charge on any atom is 0.292 e. The Labute approximate surface area is 168 Å². The van der Waals surface area contributed by atoms with Gasteiger partial charge in [0, 0.05) is 13.5 Å². The van der Waals surface area contributed by atoms with Crippen molar-refractivity contribution in [1.29, 1.82) is 0 Å². The molecule has 0 bridgehead atoms. The number of oxazole rings is 1. The monoisotopic (exact) mass is 394 g/mol. The van der Waals surface area contributed by atoms with Crippen molar-refractivity contribution in [3.05, 3.63) is 59.7 Å². The van der Waals surface area contributed by atoms with E-state index in [2.05, 4.69) is 15.0 Å². The number of hydrogen-bond acceptors (Lipinski definition) is 7. The zero-order valence-electron chi connectivity index (χ0n) is 16.6. The van der Waals surface area contributed by atoms with Crippen LogP contribution in [0.4, 0.5) is 0 Å². The van der Waals surface area contributed by atoms with Crippen LogP contribution >= 0.6 is 0 Å². The van der Waals surface area contributed by atoms with Crippen LogP contribution in [0.5, 0.6) is 17.4 Å². The van der Waals surface area contributed by atoms with E-state index in [1.165, 1.54) is 0 Å². The molecule has 1 aromatic carbocycles. The second kappa shape index (κ2) is 7.90. The number of amides is 1. The van der Waals surface area contributed by atoms with E-state index in [0.717, 1.165) is 18.6 Å². The molecule has 0 radical (unpaired) electrons. The summed E-state index contributed by atoms with van der Waals surface area (Å²) in [7, 11) is 1.61. The van der Waals surface area contributed by atoms with Crippen molar-refractivity contribution in [2.24, 2.45) is 0 Å². The SMILES string of the molecule is COc1ccc(Oc2cncc([C@H]3CCCN3C(=O)c3oc(C)nc3C)n2)cc1. The second-order valence-corrected chi connectivity index (χ2v) is 6.86. The lowest BCUT2D eigenvalue weighted by Gasteiger charge is -2.23. The van der Waals surface area contributed by atoms with Crippen LogP contribution in [-0.4, -0.2) is 39.4 Å². The lowest BCUT2D eigenvalue weighted by Crippen LogP contribution is -2.31. The summed E-state index contributed by atoms with van der Waals surface area (Å²) < 4.78 is 16.5. The predicted octanol–water partition coefficient (Wildman–Crippen LogP) is 3.86. The van der Waals surface area contributed by atoms with Gasteiger partial charge in [0.25, 0.3) is 5.91 Å². The molecule has 1 aliphatic heterocycles. The van der Waals surface area contributed by atoms with Crippen LogP contribution in [0.25, 0.3) is 0 Å². The van der Waals surface area contributed by atoms with Crippen LogP contribution in [0, 0.1) is 13.8 Å². The Morgan fingerprint density at radius 1 is 1.14 bits per heavy atom. The molecule has 1 saturated heterocycles. The van der Waals surface area contributed by atoms with Crippen LogP contribution < -0.4 is 9.47 Å². The number of aryl methyl sites for hydroxylation is 2. The smallest absolute Gasteiger partial charge is 0.292 e. The zero-order chi connectivity index (χ0) is 20.4. The van der Waals surface area contributed by atoms with Gasteiger partial charge < -0.3 is 18.8 Å². The normalized spacial score (nSPS) is 16.1. The van der Waals surface area contributed by atoms with E-state index in [1.807, 2.05) is 12.1 Å². The summed E-state index contributed by atoms with van der Waals surface area (Å²) in [6.45, 7) is 4.14. The molecule has 0 aliphatic carbocycles. The number of carbonyl (C=O) groups excluding carboxylic acids is 1. The van der Waals surface area contributed by atoms with E-state index in [0.29, 0.717) is 35.5 Å². The number of likely N-dealkylation sites (tertiary alicyclic amines) is 1. The van der Waals surface area contributed by atoms with Crippen LogP contribution in [0.15, 0.2) is 41.1 Å². The molecule has 1 atom stereocenters. The minimum atomic E-state index is -0.181. The number of benzene rings is 1. The van der Waals surface area contributed by atoms with Gasteiger partial charge in [-0.15, -0.1) is 0 Å². The fraction of sp³-hybridized carbons (Fsp3) is 0.333. The zero-order valence-corrected chi connectivity index (χ0v) is 16.6. The number of methoxy groups -OCH3 is 1. The highest BCUT2D eigenvalue weighted by atomic mass is 16.5.